The summed E-state index contributed by atoms with van der Waals surface area (Å²) in [6.07, 6.45) is 0. The van der Waals surface area contributed by atoms with Gasteiger partial charge in [-0.15, -0.1) is 0 Å². The zero-order valence-electron chi connectivity index (χ0n) is 15.9. The number of urea groups is 1. The van der Waals surface area contributed by atoms with Crippen molar-refractivity contribution < 1.29 is 23.6 Å². The maximum atomic E-state index is 13.0. The van der Waals surface area contributed by atoms with Crippen LogP contribution in [0.5, 0.6) is 0 Å². The lowest BCUT2D eigenvalue weighted by Crippen LogP contribution is -2.52. The van der Waals surface area contributed by atoms with Gasteiger partial charge < -0.3 is 9.80 Å². The van der Waals surface area contributed by atoms with E-state index < -0.39 is 24.4 Å². The lowest BCUT2D eigenvalue weighted by Gasteiger charge is -2.36. The highest BCUT2D eigenvalue weighted by molar-refractivity contribution is 6.45. The number of amides is 5. The molecule has 2 saturated heterocycles. The predicted octanol–water partition coefficient (Wildman–Crippen LogP) is 0.921. The first-order valence-electron chi connectivity index (χ1n) is 9.23. The van der Waals surface area contributed by atoms with Gasteiger partial charge in [-0.25, -0.2) is 14.1 Å². The summed E-state index contributed by atoms with van der Waals surface area (Å²) in [5.41, 5.74) is 0.869. The van der Waals surface area contributed by atoms with Crippen molar-refractivity contribution in [3.05, 3.63) is 30.1 Å². The molecule has 0 aromatic heterocycles. The molecule has 0 spiro atoms. The monoisotopic (exact) mass is 390 g/mol. The van der Waals surface area contributed by atoms with Crippen molar-refractivity contribution in [2.45, 2.75) is 13.8 Å². The number of carbonyl (C=O) groups excluding carboxylic acids is 4. The number of nitrogens with zero attached hydrogens (tertiary/aromatic N) is 4. The second-order valence-electron chi connectivity index (χ2n) is 7.33. The minimum atomic E-state index is -0.955. The molecule has 3 rings (SSSR count). The largest absolute Gasteiger partial charge is 0.368 e. The van der Waals surface area contributed by atoms with E-state index in [-0.39, 0.29) is 24.2 Å². The van der Waals surface area contributed by atoms with Crippen LogP contribution in [0.4, 0.5) is 14.9 Å². The molecule has 1 aromatic rings. The molecule has 0 N–H and O–H groups in total. The van der Waals surface area contributed by atoms with E-state index in [4.69, 9.17) is 0 Å². The van der Waals surface area contributed by atoms with E-state index in [1.807, 2.05) is 18.7 Å². The van der Waals surface area contributed by atoms with E-state index >= 15 is 0 Å². The Labute approximate surface area is 162 Å². The van der Waals surface area contributed by atoms with E-state index in [1.54, 1.807) is 17.0 Å². The third-order valence-electron chi connectivity index (χ3n) is 4.80. The zero-order valence-corrected chi connectivity index (χ0v) is 15.9. The standard InChI is InChI=1S/C19H23FN4O4/c1-13(2)11-23-17(26)18(27)24(19(23)28)12-16(25)22-9-7-21(8-10-22)15-5-3-14(20)4-6-15/h3-6,13H,7-12H2,1-2H3. The minimum absolute atomic E-state index is 0.0240. The van der Waals surface area contributed by atoms with Gasteiger partial charge >= 0.3 is 17.8 Å². The van der Waals surface area contributed by atoms with Crippen LogP contribution in [-0.2, 0) is 14.4 Å². The van der Waals surface area contributed by atoms with Crippen molar-refractivity contribution in [1.29, 1.82) is 0 Å². The van der Waals surface area contributed by atoms with Crippen LogP contribution in [0.3, 0.4) is 0 Å². The van der Waals surface area contributed by atoms with Crippen LogP contribution < -0.4 is 4.90 Å². The summed E-state index contributed by atoms with van der Waals surface area (Å²) in [4.78, 5) is 54.2. The van der Waals surface area contributed by atoms with Crippen LogP contribution in [-0.4, -0.2) is 77.7 Å². The zero-order chi connectivity index (χ0) is 20.4. The van der Waals surface area contributed by atoms with Gasteiger partial charge in [0.1, 0.15) is 12.4 Å². The van der Waals surface area contributed by atoms with Crippen molar-refractivity contribution in [1.82, 2.24) is 14.7 Å². The van der Waals surface area contributed by atoms with E-state index in [2.05, 4.69) is 0 Å². The number of piperazine rings is 1. The highest BCUT2D eigenvalue weighted by atomic mass is 19.1. The molecule has 0 aliphatic carbocycles. The second-order valence-corrected chi connectivity index (χ2v) is 7.33. The molecule has 0 bridgehead atoms. The first kappa shape index (κ1) is 19.8. The Morgan fingerprint density at radius 3 is 2.11 bits per heavy atom. The quantitative estimate of drug-likeness (QED) is 0.552. The van der Waals surface area contributed by atoms with Crippen LogP contribution in [0, 0.1) is 11.7 Å². The molecule has 5 amide bonds. The molecular formula is C19H23FN4O4. The fraction of sp³-hybridized carbons (Fsp3) is 0.474. The molecule has 0 saturated carbocycles. The third-order valence-corrected chi connectivity index (χ3v) is 4.80. The summed E-state index contributed by atoms with van der Waals surface area (Å²) in [7, 11) is 0. The molecule has 2 aliphatic rings. The minimum Gasteiger partial charge on any atom is -0.368 e. The number of benzene rings is 1. The van der Waals surface area contributed by atoms with Gasteiger partial charge in [-0.3, -0.25) is 19.3 Å². The van der Waals surface area contributed by atoms with E-state index in [9.17, 15) is 23.6 Å². The fourth-order valence-corrected chi connectivity index (χ4v) is 3.32. The molecule has 28 heavy (non-hydrogen) atoms. The van der Waals surface area contributed by atoms with Crippen LogP contribution in [0.1, 0.15) is 13.8 Å². The summed E-state index contributed by atoms with van der Waals surface area (Å²) < 4.78 is 13.0. The Hall–Kier alpha value is -2.97. The molecule has 2 heterocycles. The van der Waals surface area contributed by atoms with Crippen LogP contribution in [0.2, 0.25) is 0 Å². The van der Waals surface area contributed by atoms with Crippen LogP contribution in [0.25, 0.3) is 0 Å². The van der Waals surface area contributed by atoms with Gasteiger partial charge in [0.15, 0.2) is 0 Å². The van der Waals surface area contributed by atoms with Crippen molar-refractivity contribution in [2.75, 3.05) is 44.2 Å². The van der Waals surface area contributed by atoms with Gasteiger partial charge in [0.25, 0.3) is 0 Å². The summed E-state index contributed by atoms with van der Waals surface area (Å²) in [6.45, 7) is 5.30. The van der Waals surface area contributed by atoms with Crippen molar-refractivity contribution in [3.8, 4) is 0 Å². The van der Waals surface area contributed by atoms with Crippen molar-refractivity contribution >= 4 is 29.4 Å². The Kier molecular flexibility index (Phi) is 5.62. The van der Waals surface area contributed by atoms with Gasteiger partial charge in [-0.2, -0.15) is 0 Å². The summed E-state index contributed by atoms with van der Waals surface area (Å²) in [5.74, 6) is -2.49. The van der Waals surface area contributed by atoms with Crippen molar-refractivity contribution in [2.24, 2.45) is 5.92 Å². The first-order chi connectivity index (χ1) is 13.3. The van der Waals surface area contributed by atoms with Crippen LogP contribution in [0.15, 0.2) is 24.3 Å². The lowest BCUT2D eigenvalue weighted by molar-refractivity contribution is -0.145. The Morgan fingerprint density at radius 1 is 0.964 bits per heavy atom. The fourth-order valence-electron chi connectivity index (χ4n) is 3.32. The molecule has 2 aliphatic heterocycles. The molecule has 2 fully saturated rings. The smallest absolute Gasteiger partial charge is 0.334 e. The average molecular weight is 390 g/mol. The molecule has 8 nitrogen and oxygen atoms in total. The first-order valence-corrected chi connectivity index (χ1v) is 9.23. The third kappa shape index (κ3) is 3.97. The Bertz CT molecular complexity index is 788. The molecular weight excluding hydrogens is 367 g/mol. The SMILES string of the molecule is CC(C)CN1C(=O)C(=O)N(CC(=O)N2CCN(c3ccc(F)cc3)CC2)C1=O. The average Bonchev–Trinajstić information content (AvgIpc) is 2.86. The number of anilines is 1. The number of imide groups is 2. The molecule has 1 aromatic carbocycles. The normalized spacial score (nSPS) is 17.9. The number of halogens is 1. The van der Waals surface area contributed by atoms with Gasteiger partial charge in [0.05, 0.1) is 0 Å². The maximum absolute atomic E-state index is 13.0. The summed E-state index contributed by atoms with van der Waals surface area (Å²) >= 11 is 0. The highest BCUT2D eigenvalue weighted by Crippen LogP contribution is 2.18. The molecule has 9 heteroatoms. The topological polar surface area (TPSA) is 81.2 Å². The van der Waals surface area contributed by atoms with E-state index in [0.29, 0.717) is 26.2 Å². The van der Waals surface area contributed by atoms with Gasteiger partial charge in [-0.05, 0) is 30.2 Å². The van der Waals surface area contributed by atoms with Crippen LogP contribution >= 0.6 is 0 Å². The lowest BCUT2D eigenvalue weighted by atomic mass is 10.2. The number of hydrogen-bond acceptors (Lipinski definition) is 5. The summed E-state index contributed by atoms with van der Waals surface area (Å²) in [6, 6.07) is 5.41. The summed E-state index contributed by atoms with van der Waals surface area (Å²) in [5, 5.41) is 0. The number of hydrogen-bond donors (Lipinski definition) is 0. The van der Waals surface area contributed by atoms with Crippen molar-refractivity contribution in [3.63, 3.8) is 0 Å². The maximum Gasteiger partial charge on any atom is 0.334 e. The second kappa shape index (κ2) is 7.95. The molecule has 150 valence electrons. The predicted molar refractivity (Wildman–Crippen MR) is 98.9 cm³/mol. The van der Waals surface area contributed by atoms with Gasteiger partial charge in [0, 0.05) is 38.4 Å². The van der Waals surface area contributed by atoms with Gasteiger partial charge in [0.2, 0.25) is 5.91 Å². The highest BCUT2D eigenvalue weighted by Gasteiger charge is 2.45. The van der Waals surface area contributed by atoms with E-state index in [0.717, 1.165) is 15.5 Å². The number of rotatable bonds is 5. The Balaban J connectivity index is 1.57. The molecule has 0 unspecified atom stereocenters. The number of carbonyl (C=O) groups is 4. The van der Waals surface area contributed by atoms with E-state index in [1.165, 1.54) is 12.1 Å². The molecule has 0 radical (unpaired) electrons. The molecule has 0 atom stereocenters. The Morgan fingerprint density at radius 2 is 1.54 bits per heavy atom. The van der Waals surface area contributed by atoms with Gasteiger partial charge in [-0.1, -0.05) is 13.8 Å².